The van der Waals surface area contributed by atoms with Crippen molar-refractivity contribution < 1.29 is 0 Å². The van der Waals surface area contributed by atoms with E-state index < -0.39 is 0 Å². The Morgan fingerprint density at radius 1 is 1.33 bits per heavy atom. The molecule has 0 aromatic heterocycles. The summed E-state index contributed by atoms with van der Waals surface area (Å²) in [4.78, 5) is 10.8. The molecule has 0 aliphatic heterocycles. The van der Waals surface area contributed by atoms with E-state index in [1.807, 2.05) is 25.1 Å². The van der Waals surface area contributed by atoms with Gasteiger partial charge < -0.3 is 0 Å². The SMILES string of the molecule is Cc1cccc2c(=O)c12. The first-order valence-corrected chi connectivity index (χ1v) is 2.95. The van der Waals surface area contributed by atoms with E-state index >= 15 is 0 Å². The molecule has 0 aliphatic rings. The van der Waals surface area contributed by atoms with Crippen LogP contribution in [0.4, 0.5) is 0 Å². The Hall–Kier alpha value is -1.11. The molecule has 0 atom stereocenters. The lowest BCUT2D eigenvalue weighted by Crippen LogP contribution is -1.69. The summed E-state index contributed by atoms with van der Waals surface area (Å²) in [5.74, 6) is 0. The third-order valence-electron chi connectivity index (χ3n) is 1.68. The van der Waals surface area contributed by atoms with Crippen LogP contribution in [0.25, 0.3) is 10.8 Å². The zero-order valence-electron chi connectivity index (χ0n) is 5.14. The van der Waals surface area contributed by atoms with Crippen LogP contribution in [-0.4, -0.2) is 0 Å². The van der Waals surface area contributed by atoms with Gasteiger partial charge in [0.2, 0.25) is 0 Å². The fourth-order valence-corrected chi connectivity index (χ4v) is 1.11. The Balaban J connectivity index is 2.98. The third-order valence-corrected chi connectivity index (χ3v) is 1.68. The molecular formula is C8H6O. The van der Waals surface area contributed by atoms with Crippen molar-refractivity contribution in [3.05, 3.63) is 34.0 Å². The van der Waals surface area contributed by atoms with Crippen LogP contribution < -0.4 is 5.43 Å². The van der Waals surface area contributed by atoms with E-state index in [1.165, 1.54) is 0 Å². The number of aryl methyl sites for hydroxylation is 1. The van der Waals surface area contributed by atoms with Crippen molar-refractivity contribution in [2.75, 3.05) is 0 Å². The first kappa shape index (κ1) is 4.74. The molecule has 2 aromatic rings. The van der Waals surface area contributed by atoms with E-state index in [9.17, 15) is 4.79 Å². The first-order chi connectivity index (χ1) is 4.30. The highest BCUT2D eigenvalue weighted by Gasteiger charge is 2.11. The lowest BCUT2D eigenvalue weighted by Gasteiger charge is -1.80. The zero-order chi connectivity index (χ0) is 6.43. The molecule has 9 heavy (non-hydrogen) atoms. The van der Waals surface area contributed by atoms with Gasteiger partial charge in [0.15, 0.2) is 5.43 Å². The maximum atomic E-state index is 10.8. The molecule has 2 rings (SSSR count). The predicted molar refractivity (Wildman–Crippen MR) is 37.3 cm³/mol. The second-order valence-corrected chi connectivity index (χ2v) is 2.33. The second-order valence-electron chi connectivity index (χ2n) is 2.33. The largest absolute Gasteiger partial charge is 0.289 e. The van der Waals surface area contributed by atoms with Crippen molar-refractivity contribution >= 4 is 10.8 Å². The standard InChI is InChI=1S/C8H6O/c1-5-3-2-4-6-7(5)8(6)9/h2-4H,1H3. The number of hydrogen-bond acceptors (Lipinski definition) is 1. The summed E-state index contributed by atoms with van der Waals surface area (Å²) in [7, 11) is 0. The van der Waals surface area contributed by atoms with Crippen LogP contribution in [0.3, 0.4) is 0 Å². The molecule has 2 aromatic carbocycles. The van der Waals surface area contributed by atoms with E-state index in [0.717, 1.165) is 16.3 Å². The van der Waals surface area contributed by atoms with E-state index in [0.29, 0.717) is 0 Å². The lowest BCUT2D eigenvalue weighted by molar-refractivity contribution is 1.56. The third kappa shape index (κ3) is 0.462. The van der Waals surface area contributed by atoms with Crippen molar-refractivity contribution in [3.8, 4) is 0 Å². The predicted octanol–water partition coefficient (Wildman–Crippen LogP) is 1.38. The second kappa shape index (κ2) is 1.24. The van der Waals surface area contributed by atoms with Gasteiger partial charge in [-0.3, -0.25) is 4.79 Å². The summed E-state index contributed by atoms with van der Waals surface area (Å²) in [5, 5.41) is 1.85. The molecule has 0 radical (unpaired) electrons. The van der Waals surface area contributed by atoms with Crippen LogP contribution in [0, 0.1) is 6.92 Å². The van der Waals surface area contributed by atoms with Crippen LogP contribution in [0.5, 0.6) is 0 Å². The molecule has 1 heteroatoms. The van der Waals surface area contributed by atoms with Gasteiger partial charge in [-0.2, -0.15) is 0 Å². The van der Waals surface area contributed by atoms with Crippen molar-refractivity contribution in [2.24, 2.45) is 0 Å². The van der Waals surface area contributed by atoms with Crippen LogP contribution >= 0.6 is 0 Å². The molecule has 0 saturated heterocycles. The summed E-state index contributed by atoms with van der Waals surface area (Å²) in [6, 6.07) is 5.74. The summed E-state index contributed by atoms with van der Waals surface area (Å²) in [6.07, 6.45) is 0. The Morgan fingerprint density at radius 3 is 2.67 bits per heavy atom. The highest BCUT2D eigenvalue weighted by atomic mass is 16.1. The van der Waals surface area contributed by atoms with Gasteiger partial charge >= 0.3 is 0 Å². The van der Waals surface area contributed by atoms with Crippen LogP contribution in [0.1, 0.15) is 5.56 Å². The minimum absolute atomic E-state index is 0.234. The van der Waals surface area contributed by atoms with E-state index in [2.05, 4.69) is 0 Å². The minimum Gasteiger partial charge on any atom is -0.289 e. The average Bonchev–Trinajstić information content (AvgIpc) is 2.45. The average molecular weight is 118 g/mol. The Morgan fingerprint density at radius 2 is 2.11 bits per heavy atom. The van der Waals surface area contributed by atoms with E-state index in [-0.39, 0.29) is 5.43 Å². The molecular weight excluding hydrogens is 112 g/mol. The summed E-state index contributed by atoms with van der Waals surface area (Å²) >= 11 is 0. The van der Waals surface area contributed by atoms with Gasteiger partial charge in [-0.1, -0.05) is 18.2 Å². The van der Waals surface area contributed by atoms with Gasteiger partial charge in [0.1, 0.15) is 0 Å². The maximum absolute atomic E-state index is 10.8. The van der Waals surface area contributed by atoms with Gasteiger partial charge in [0.25, 0.3) is 0 Å². The van der Waals surface area contributed by atoms with Gasteiger partial charge in [-0.25, -0.2) is 0 Å². The van der Waals surface area contributed by atoms with Crippen molar-refractivity contribution in [1.29, 1.82) is 0 Å². The fourth-order valence-electron chi connectivity index (χ4n) is 1.11. The fraction of sp³-hybridized carbons (Fsp3) is 0.125. The van der Waals surface area contributed by atoms with Crippen LogP contribution in [-0.2, 0) is 0 Å². The molecule has 0 heterocycles. The van der Waals surface area contributed by atoms with Crippen LogP contribution in [0.2, 0.25) is 0 Å². The normalized spacial score (nSPS) is 11.2. The van der Waals surface area contributed by atoms with Gasteiger partial charge in [-0.15, -0.1) is 0 Å². The van der Waals surface area contributed by atoms with Crippen LogP contribution in [0.15, 0.2) is 23.0 Å². The Kier molecular flexibility index (Phi) is 0.652. The molecule has 0 spiro atoms. The van der Waals surface area contributed by atoms with Crippen molar-refractivity contribution in [3.63, 3.8) is 0 Å². The molecule has 0 unspecified atom stereocenters. The molecule has 1 nitrogen and oxygen atoms in total. The van der Waals surface area contributed by atoms with Crippen molar-refractivity contribution in [1.82, 2.24) is 0 Å². The van der Waals surface area contributed by atoms with Gasteiger partial charge in [0, 0.05) is 10.8 Å². The summed E-state index contributed by atoms with van der Waals surface area (Å²) in [5.41, 5.74) is 1.34. The highest BCUT2D eigenvalue weighted by molar-refractivity contribution is 5.99. The van der Waals surface area contributed by atoms with Gasteiger partial charge in [0.05, 0.1) is 0 Å². The number of rotatable bonds is 0. The number of fused-ring (bicyclic) bond motifs is 1. The number of benzene rings is 1. The molecule has 0 amide bonds. The topological polar surface area (TPSA) is 17.1 Å². The molecule has 0 bridgehead atoms. The monoisotopic (exact) mass is 118 g/mol. The lowest BCUT2D eigenvalue weighted by atomic mass is 10.2. The molecule has 0 N–H and O–H groups in total. The molecule has 44 valence electrons. The quantitative estimate of drug-likeness (QED) is 0.510. The molecule has 0 aliphatic carbocycles. The van der Waals surface area contributed by atoms with Crippen molar-refractivity contribution in [2.45, 2.75) is 6.92 Å². The molecule has 0 fully saturated rings. The maximum Gasteiger partial charge on any atom is 0.194 e. The van der Waals surface area contributed by atoms with E-state index in [4.69, 9.17) is 0 Å². The zero-order valence-corrected chi connectivity index (χ0v) is 5.14. The van der Waals surface area contributed by atoms with Gasteiger partial charge in [-0.05, 0) is 12.5 Å². The summed E-state index contributed by atoms with van der Waals surface area (Å²) < 4.78 is 0. The first-order valence-electron chi connectivity index (χ1n) is 2.95. The highest BCUT2D eigenvalue weighted by Crippen LogP contribution is 2.17. The molecule has 0 saturated carbocycles. The van der Waals surface area contributed by atoms with E-state index in [1.54, 1.807) is 0 Å². The minimum atomic E-state index is 0.234. The Bertz CT molecular complexity index is 364. The number of hydrogen-bond donors (Lipinski definition) is 0. The summed E-state index contributed by atoms with van der Waals surface area (Å²) in [6.45, 7) is 1.96. The Labute approximate surface area is 52.6 Å². The smallest absolute Gasteiger partial charge is 0.194 e.